The number of ether oxygens (including phenoxy) is 2. The monoisotopic (exact) mass is 340 g/mol. The summed E-state index contributed by atoms with van der Waals surface area (Å²) in [6.07, 6.45) is 16.1. The lowest BCUT2D eigenvalue weighted by Gasteiger charge is -2.24. The molecule has 0 spiro atoms. The molecule has 4 heteroatoms. The average molecular weight is 341 g/mol. The highest BCUT2D eigenvalue weighted by Gasteiger charge is 2.21. The standard InChI is InChI=1S/C20H36O4/c1-2-3-4-5-6-7-8-9-10-11-17-23-19(21)15-16-20(22)24-18-13-12-14-18/h18H,2-17H2,1H3. The molecule has 1 aliphatic carbocycles. The van der Waals surface area contributed by atoms with Crippen LogP contribution in [0.15, 0.2) is 0 Å². The molecule has 0 aromatic rings. The molecule has 0 unspecified atom stereocenters. The summed E-state index contributed by atoms with van der Waals surface area (Å²) in [6.45, 7) is 2.72. The number of carbonyl (C=O) groups excluding carboxylic acids is 2. The van der Waals surface area contributed by atoms with Gasteiger partial charge in [-0.15, -0.1) is 0 Å². The smallest absolute Gasteiger partial charge is 0.306 e. The predicted molar refractivity (Wildman–Crippen MR) is 95.8 cm³/mol. The summed E-state index contributed by atoms with van der Waals surface area (Å²) in [5, 5.41) is 0. The zero-order valence-corrected chi connectivity index (χ0v) is 15.5. The quantitative estimate of drug-likeness (QED) is 0.299. The van der Waals surface area contributed by atoms with Crippen molar-refractivity contribution in [2.45, 2.75) is 109 Å². The van der Waals surface area contributed by atoms with E-state index in [0.29, 0.717) is 6.61 Å². The number of rotatable bonds is 15. The lowest BCUT2D eigenvalue weighted by molar-refractivity contribution is -0.156. The molecule has 1 aliphatic rings. The Balaban J connectivity index is 1.79. The van der Waals surface area contributed by atoms with Gasteiger partial charge in [0.05, 0.1) is 19.4 Å². The fourth-order valence-electron chi connectivity index (χ4n) is 2.79. The average Bonchev–Trinajstić information content (AvgIpc) is 2.54. The Morgan fingerprint density at radius 2 is 1.33 bits per heavy atom. The first-order chi connectivity index (χ1) is 11.7. The SMILES string of the molecule is CCCCCCCCCCCCOC(=O)CCC(=O)OC1CCC1. The Hall–Kier alpha value is -1.06. The third-order valence-corrected chi connectivity index (χ3v) is 4.64. The van der Waals surface area contributed by atoms with Gasteiger partial charge in [0.2, 0.25) is 0 Å². The molecule has 0 aromatic carbocycles. The molecule has 0 bridgehead atoms. The molecule has 0 heterocycles. The van der Waals surface area contributed by atoms with Gasteiger partial charge in [-0.3, -0.25) is 9.59 Å². The third kappa shape index (κ3) is 11.5. The van der Waals surface area contributed by atoms with E-state index in [1.54, 1.807) is 0 Å². The minimum atomic E-state index is -0.281. The first-order valence-corrected chi connectivity index (χ1v) is 10.1. The highest BCUT2D eigenvalue weighted by Crippen LogP contribution is 2.22. The van der Waals surface area contributed by atoms with E-state index in [1.807, 2.05) is 0 Å². The molecular formula is C20H36O4. The van der Waals surface area contributed by atoms with E-state index in [-0.39, 0.29) is 30.9 Å². The van der Waals surface area contributed by atoms with Crippen LogP contribution in [-0.2, 0) is 19.1 Å². The van der Waals surface area contributed by atoms with E-state index in [1.165, 1.54) is 51.4 Å². The van der Waals surface area contributed by atoms with Crippen LogP contribution >= 0.6 is 0 Å². The van der Waals surface area contributed by atoms with Gasteiger partial charge in [0.25, 0.3) is 0 Å². The Morgan fingerprint density at radius 1 is 0.792 bits per heavy atom. The Morgan fingerprint density at radius 3 is 1.88 bits per heavy atom. The topological polar surface area (TPSA) is 52.6 Å². The van der Waals surface area contributed by atoms with Crippen molar-refractivity contribution >= 4 is 11.9 Å². The largest absolute Gasteiger partial charge is 0.466 e. The second-order valence-corrected chi connectivity index (χ2v) is 6.95. The minimum absolute atomic E-state index is 0.0974. The van der Waals surface area contributed by atoms with Crippen LogP contribution in [0.3, 0.4) is 0 Å². The molecule has 0 aliphatic heterocycles. The normalized spacial score (nSPS) is 14.2. The fourth-order valence-corrected chi connectivity index (χ4v) is 2.79. The molecule has 24 heavy (non-hydrogen) atoms. The zero-order chi connectivity index (χ0) is 17.5. The highest BCUT2D eigenvalue weighted by molar-refractivity contribution is 5.77. The lowest BCUT2D eigenvalue weighted by atomic mass is 9.96. The summed E-state index contributed by atoms with van der Waals surface area (Å²) in [4.78, 5) is 23.0. The summed E-state index contributed by atoms with van der Waals surface area (Å²) in [5.41, 5.74) is 0. The molecule has 1 saturated carbocycles. The minimum Gasteiger partial charge on any atom is -0.466 e. The molecule has 0 amide bonds. The summed E-state index contributed by atoms with van der Waals surface area (Å²) >= 11 is 0. The van der Waals surface area contributed by atoms with Gasteiger partial charge in [-0.2, -0.15) is 0 Å². The van der Waals surface area contributed by atoms with E-state index in [0.717, 1.165) is 32.1 Å². The van der Waals surface area contributed by atoms with Crippen LogP contribution in [0, 0.1) is 0 Å². The Labute approximate surface area is 147 Å². The Bertz CT molecular complexity index is 337. The zero-order valence-electron chi connectivity index (χ0n) is 15.5. The molecule has 1 rings (SSSR count). The number of hydrogen-bond acceptors (Lipinski definition) is 4. The molecule has 4 nitrogen and oxygen atoms in total. The fraction of sp³-hybridized carbons (Fsp3) is 0.900. The van der Waals surface area contributed by atoms with Crippen LogP contribution in [0.4, 0.5) is 0 Å². The maximum absolute atomic E-state index is 11.5. The predicted octanol–water partition coefficient (Wildman–Crippen LogP) is 5.33. The van der Waals surface area contributed by atoms with Crippen molar-refractivity contribution in [3.05, 3.63) is 0 Å². The van der Waals surface area contributed by atoms with Crippen molar-refractivity contribution < 1.29 is 19.1 Å². The van der Waals surface area contributed by atoms with Gasteiger partial charge in [0.1, 0.15) is 6.10 Å². The molecule has 140 valence electrons. The van der Waals surface area contributed by atoms with Gasteiger partial charge in [-0.25, -0.2) is 0 Å². The van der Waals surface area contributed by atoms with Crippen molar-refractivity contribution in [3.8, 4) is 0 Å². The van der Waals surface area contributed by atoms with Crippen molar-refractivity contribution in [2.75, 3.05) is 6.61 Å². The van der Waals surface area contributed by atoms with Crippen molar-refractivity contribution in [1.82, 2.24) is 0 Å². The van der Waals surface area contributed by atoms with Crippen LogP contribution in [0.25, 0.3) is 0 Å². The summed E-state index contributed by atoms with van der Waals surface area (Å²) in [6, 6.07) is 0. The number of hydrogen-bond donors (Lipinski definition) is 0. The van der Waals surface area contributed by atoms with Crippen LogP contribution in [0.1, 0.15) is 103 Å². The van der Waals surface area contributed by atoms with Crippen molar-refractivity contribution in [2.24, 2.45) is 0 Å². The van der Waals surface area contributed by atoms with Gasteiger partial charge in [0, 0.05) is 0 Å². The van der Waals surface area contributed by atoms with E-state index in [2.05, 4.69) is 6.92 Å². The molecule has 0 saturated heterocycles. The van der Waals surface area contributed by atoms with Gasteiger partial charge in [0.15, 0.2) is 0 Å². The van der Waals surface area contributed by atoms with Crippen LogP contribution < -0.4 is 0 Å². The molecule has 1 fully saturated rings. The van der Waals surface area contributed by atoms with E-state index < -0.39 is 0 Å². The van der Waals surface area contributed by atoms with Crippen molar-refractivity contribution in [3.63, 3.8) is 0 Å². The highest BCUT2D eigenvalue weighted by atomic mass is 16.5. The van der Waals surface area contributed by atoms with Crippen LogP contribution in [0.2, 0.25) is 0 Å². The molecule has 0 N–H and O–H groups in total. The first-order valence-electron chi connectivity index (χ1n) is 10.1. The van der Waals surface area contributed by atoms with Gasteiger partial charge >= 0.3 is 11.9 Å². The Kier molecular flexibility index (Phi) is 12.5. The summed E-state index contributed by atoms with van der Waals surface area (Å²) in [7, 11) is 0. The second-order valence-electron chi connectivity index (χ2n) is 6.95. The summed E-state index contributed by atoms with van der Waals surface area (Å²) in [5.74, 6) is -0.549. The number of carbonyl (C=O) groups is 2. The van der Waals surface area contributed by atoms with Gasteiger partial charge in [-0.1, -0.05) is 64.7 Å². The van der Waals surface area contributed by atoms with Crippen LogP contribution in [0.5, 0.6) is 0 Å². The van der Waals surface area contributed by atoms with Crippen molar-refractivity contribution in [1.29, 1.82) is 0 Å². The number of unbranched alkanes of at least 4 members (excludes halogenated alkanes) is 9. The third-order valence-electron chi connectivity index (χ3n) is 4.64. The maximum Gasteiger partial charge on any atom is 0.306 e. The number of esters is 2. The molecule has 0 radical (unpaired) electrons. The first kappa shape index (κ1) is 21.0. The van der Waals surface area contributed by atoms with E-state index in [4.69, 9.17) is 9.47 Å². The molecule has 0 aromatic heterocycles. The summed E-state index contributed by atoms with van der Waals surface area (Å²) < 4.78 is 10.4. The van der Waals surface area contributed by atoms with Gasteiger partial charge < -0.3 is 9.47 Å². The molecule has 0 atom stereocenters. The maximum atomic E-state index is 11.5. The van der Waals surface area contributed by atoms with Gasteiger partial charge in [-0.05, 0) is 25.7 Å². The lowest BCUT2D eigenvalue weighted by Crippen LogP contribution is -2.25. The van der Waals surface area contributed by atoms with Crippen LogP contribution in [-0.4, -0.2) is 24.6 Å². The van der Waals surface area contributed by atoms with E-state index in [9.17, 15) is 9.59 Å². The molecular weight excluding hydrogens is 304 g/mol. The van der Waals surface area contributed by atoms with E-state index >= 15 is 0 Å². The second kappa shape index (κ2) is 14.3.